The highest BCUT2D eigenvalue weighted by Gasteiger charge is 2.12. The zero-order valence-corrected chi connectivity index (χ0v) is 15.1. The Morgan fingerprint density at radius 1 is 1.17 bits per heavy atom. The third-order valence-electron chi connectivity index (χ3n) is 4.10. The van der Waals surface area contributed by atoms with E-state index in [0.717, 1.165) is 22.4 Å². The standard InChI is InChI=1S/C18H20N2O3S/c1-5-13-8-14-17(24-13)19-10-20(18(14)21)9-12-7-16(23-4)15(22-3)6-11(12)2/h6-8,10H,5,9H2,1-4H3. The van der Waals surface area contributed by atoms with Crippen molar-refractivity contribution < 1.29 is 9.47 Å². The molecule has 0 radical (unpaired) electrons. The van der Waals surface area contributed by atoms with Crippen LogP contribution in [0.2, 0.25) is 0 Å². The van der Waals surface area contributed by atoms with Crippen molar-refractivity contribution in [3.8, 4) is 11.5 Å². The van der Waals surface area contributed by atoms with Gasteiger partial charge < -0.3 is 9.47 Å². The van der Waals surface area contributed by atoms with Crippen molar-refractivity contribution in [2.45, 2.75) is 26.8 Å². The normalized spacial score (nSPS) is 11.0. The maximum atomic E-state index is 12.7. The van der Waals surface area contributed by atoms with Gasteiger partial charge in [0.05, 0.1) is 32.5 Å². The van der Waals surface area contributed by atoms with Gasteiger partial charge in [-0.3, -0.25) is 9.36 Å². The Labute approximate surface area is 144 Å². The number of aromatic nitrogens is 2. The molecule has 6 heteroatoms. The van der Waals surface area contributed by atoms with Gasteiger partial charge in [0.25, 0.3) is 5.56 Å². The summed E-state index contributed by atoms with van der Waals surface area (Å²) in [6.07, 6.45) is 2.53. The van der Waals surface area contributed by atoms with E-state index >= 15 is 0 Å². The molecule has 0 atom stereocenters. The minimum Gasteiger partial charge on any atom is -0.493 e. The van der Waals surface area contributed by atoms with E-state index in [9.17, 15) is 4.79 Å². The molecule has 3 aromatic rings. The molecule has 0 unspecified atom stereocenters. The van der Waals surface area contributed by atoms with Gasteiger partial charge in [-0.05, 0) is 42.7 Å². The van der Waals surface area contributed by atoms with Crippen molar-refractivity contribution in [1.29, 1.82) is 0 Å². The molecule has 24 heavy (non-hydrogen) atoms. The van der Waals surface area contributed by atoms with Gasteiger partial charge in [0.1, 0.15) is 4.83 Å². The predicted molar refractivity (Wildman–Crippen MR) is 96.6 cm³/mol. The van der Waals surface area contributed by atoms with E-state index in [2.05, 4.69) is 11.9 Å². The molecular weight excluding hydrogens is 324 g/mol. The van der Waals surface area contributed by atoms with Gasteiger partial charge in [-0.2, -0.15) is 0 Å². The van der Waals surface area contributed by atoms with E-state index in [0.29, 0.717) is 23.4 Å². The maximum absolute atomic E-state index is 12.7. The van der Waals surface area contributed by atoms with Gasteiger partial charge in [-0.25, -0.2) is 4.98 Å². The summed E-state index contributed by atoms with van der Waals surface area (Å²) in [7, 11) is 3.22. The number of ether oxygens (including phenoxy) is 2. The number of nitrogens with zero attached hydrogens (tertiary/aromatic N) is 2. The van der Waals surface area contributed by atoms with Crippen molar-refractivity contribution in [3.05, 3.63) is 50.9 Å². The summed E-state index contributed by atoms with van der Waals surface area (Å²) in [6.45, 7) is 4.52. The number of aryl methyl sites for hydroxylation is 2. The van der Waals surface area contributed by atoms with E-state index in [-0.39, 0.29) is 5.56 Å². The van der Waals surface area contributed by atoms with E-state index in [1.54, 1.807) is 36.5 Å². The zero-order chi connectivity index (χ0) is 17.3. The molecule has 2 aromatic heterocycles. The van der Waals surface area contributed by atoms with Crippen LogP contribution in [0.5, 0.6) is 11.5 Å². The molecule has 0 saturated carbocycles. The minimum atomic E-state index is -0.00913. The van der Waals surface area contributed by atoms with Crippen molar-refractivity contribution in [2.75, 3.05) is 14.2 Å². The van der Waals surface area contributed by atoms with Crippen molar-refractivity contribution in [1.82, 2.24) is 9.55 Å². The molecule has 0 amide bonds. The summed E-state index contributed by atoms with van der Waals surface area (Å²) >= 11 is 1.58. The number of hydrogen-bond donors (Lipinski definition) is 0. The minimum absolute atomic E-state index is 0.00913. The number of hydrogen-bond acceptors (Lipinski definition) is 5. The molecule has 2 heterocycles. The highest BCUT2D eigenvalue weighted by atomic mass is 32.1. The molecule has 0 saturated heterocycles. The third-order valence-corrected chi connectivity index (χ3v) is 5.29. The van der Waals surface area contributed by atoms with Crippen LogP contribution in [0.4, 0.5) is 0 Å². The zero-order valence-electron chi connectivity index (χ0n) is 14.3. The van der Waals surface area contributed by atoms with E-state index in [1.807, 2.05) is 25.1 Å². The second kappa shape index (κ2) is 6.65. The fourth-order valence-corrected chi connectivity index (χ4v) is 3.60. The predicted octanol–water partition coefficient (Wildman–Crippen LogP) is 3.39. The van der Waals surface area contributed by atoms with Gasteiger partial charge in [0, 0.05) is 4.88 Å². The van der Waals surface area contributed by atoms with Crippen LogP contribution in [0.3, 0.4) is 0 Å². The number of thiophene rings is 1. The Kier molecular flexibility index (Phi) is 4.57. The average Bonchev–Trinajstić information content (AvgIpc) is 3.02. The van der Waals surface area contributed by atoms with Gasteiger partial charge in [-0.1, -0.05) is 6.92 Å². The van der Waals surface area contributed by atoms with Crippen LogP contribution in [0.1, 0.15) is 22.9 Å². The molecule has 1 aromatic carbocycles. The first-order chi connectivity index (χ1) is 11.6. The first-order valence-corrected chi connectivity index (χ1v) is 8.58. The molecule has 0 N–H and O–H groups in total. The van der Waals surface area contributed by atoms with E-state index < -0.39 is 0 Å². The Balaban J connectivity index is 2.04. The molecule has 0 aliphatic heterocycles. The summed E-state index contributed by atoms with van der Waals surface area (Å²) in [4.78, 5) is 19.1. The van der Waals surface area contributed by atoms with Gasteiger partial charge in [0.15, 0.2) is 11.5 Å². The monoisotopic (exact) mass is 344 g/mol. The Morgan fingerprint density at radius 2 is 1.88 bits per heavy atom. The topological polar surface area (TPSA) is 53.4 Å². The van der Waals surface area contributed by atoms with Crippen LogP contribution in [-0.2, 0) is 13.0 Å². The van der Waals surface area contributed by atoms with Crippen LogP contribution >= 0.6 is 11.3 Å². The number of methoxy groups -OCH3 is 2. The maximum Gasteiger partial charge on any atom is 0.262 e. The molecule has 0 fully saturated rings. The lowest BCUT2D eigenvalue weighted by atomic mass is 10.1. The lowest BCUT2D eigenvalue weighted by Crippen LogP contribution is -2.21. The van der Waals surface area contributed by atoms with Gasteiger partial charge >= 0.3 is 0 Å². The molecule has 0 spiro atoms. The highest BCUT2D eigenvalue weighted by molar-refractivity contribution is 7.18. The quantitative estimate of drug-likeness (QED) is 0.712. The Hall–Kier alpha value is -2.34. The second-order valence-corrected chi connectivity index (χ2v) is 6.71. The SMILES string of the molecule is CCc1cc2c(=O)n(Cc3cc(OC)c(OC)cc3C)cnc2s1. The summed E-state index contributed by atoms with van der Waals surface area (Å²) in [5.74, 6) is 1.34. The molecule has 0 aliphatic carbocycles. The number of rotatable bonds is 5. The lowest BCUT2D eigenvalue weighted by molar-refractivity contribution is 0.354. The van der Waals surface area contributed by atoms with Crippen molar-refractivity contribution >= 4 is 21.6 Å². The fourth-order valence-electron chi connectivity index (χ4n) is 2.67. The van der Waals surface area contributed by atoms with Crippen LogP contribution in [0, 0.1) is 6.92 Å². The number of benzene rings is 1. The first kappa shape index (κ1) is 16.5. The van der Waals surface area contributed by atoms with Crippen molar-refractivity contribution in [3.63, 3.8) is 0 Å². The Morgan fingerprint density at radius 3 is 2.54 bits per heavy atom. The summed E-state index contributed by atoms with van der Waals surface area (Å²) < 4.78 is 12.3. The molecule has 5 nitrogen and oxygen atoms in total. The lowest BCUT2D eigenvalue weighted by Gasteiger charge is -2.13. The van der Waals surface area contributed by atoms with Crippen molar-refractivity contribution in [2.24, 2.45) is 0 Å². The molecule has 3 rings (SSSR count). The summed E-state index contributed by atoms with van der Waals surface area (Å²) in [5.41, 5.74) is 2.03. The largest absolute Gasteiger partial charge is 0.493 e. The van der Waals surface area contributed by atoms with Crippen LogP contribution in [0.15, 0.2) is 29.3 Å². The van der Waals surface area contributed by atoms with Gasteiger partial charge in [-0.15, -0.1) is 11.3 Å². The third kappa shape index (κ3) is 2.89. The van der Waals surface area contributed by atoms with Crippen LogP contribution in [-0.4, -0.2) is 23.8 Å². The fraction of sp³-hybridized carbons (Fsp3) is 0.333. The molecule has 126 valence electrons. The van der Waals surface area contributed by atoms with Gasteiger partial charge in [0.2, 0.25) is 0 Å². The molecule has 0 bridgehead atoms. The summed E-state index contributed by atoms with van der Waals surface area (Å²) in [6, 6.07) is 5.79. The summed E-state index contributed by atoms with van der Waals surface area (Å²) in [5, 5.41) is 0.692. The highest BCUT2D eigenvalue weighted by Crippen LogP contribution is 2.30. The average molecular weight is 344 g/mol. The Bertz CT molecular complexity index is 943. The van der Waals surface area contributed by atoms with Crippen LogP contribution in [0.25, 0.3) is 10.2 Å². The van der Waals surface area contributed by atoms with Crippen LogP contribution < -0.4 is 15.0 Å². The second-order valence-electron chi connectivity index (χ2n) is 5.60. The molecular formula is C18H20N2O3S. The van der Waals surface area contributed by atoms with E-state index in [4.69, 9.17) is 9.47 Å². The number of fused-ring (bicyclic) bond motifs is 1. The van der Waals surface area contributed by atoms with E-state index in [1.165, 1.54) is 4.88 Å². The first-order valence-electron chi connectivity index (χ1n) is 7.76. The smallest absolute Gasteiger partial charge is 0.262 e. The molecule has 0 aliphatic rings.